The minimum atomic E-state index is -0.166. The Bertz CT molecular complexity index is 530. The summed E-state index contributed by atoms with van der Waals surface area (Å²) >= 11 is 1.65. The van der Waals surface area contributed by atoms with Crippen LogP contribution in [-0.4, -0.2) is 33.4 Å². The summed E-state index contributed by atoms with van der Waals surface area (Å²) in [6.45, 7) is 4.47. The van der Waals surface area contributed by atoms with Gasteiger partial charge in [-0.05, 0) is 43.1 Å². The van der Waals surface area contributed by atoms with E-state index >= 15 is 0 Å². The molecule has 5 heteroatoms. The Hall–Kier alpha value is -1.01. The van der Waals surface area contributed by atoms with Crippen molar-refractivity contribution in [2.75, 3.05) is 33.4 Å². The monoisotopic (exact) mass is 296 g/mol. The number of hydrogen-bond acceptors (Lipinski definition) is 4. The number of nitrogens with one attached hydrogen (secondary N) is 2. The van der Waals surface area contributed by atoms with Gasteiger partial charge < -0.3 is 15.4 Å². The zero-order chi connectivity index (χ0) is 14.2. The van der Waals surface area contributed by atoms with Crippen LogP contribution >= 0.6 is 11.3 Å². The van der Waals surface area contributed by atoms with Crippen molar-refractivity contribution in [3.8, 4) is 0 Å². The van der Waals surface area contributed by atoms with Crippen LogP contribution in [0.1, 0.15) is 11.3 Å². The molecule has 2 aromatic rings. The topological polar surface area (TPSA) is 33.3 Å². The largest absolute Gasteiger partial charge is 0.383 e. The second-order valence-electron chi connectivity index (χ2n) is 4.67. The van der Waals surface area contributed by atoms with Crippen LogP contribution in [0.4, 0.5) is 4.39 Å². The predicted molar refractivity (Wildman–Crippen MR) is 82.9 cm³/mol. The van der Waals surface area contributed by atoms with Gasteiger partial charge in [0, 0.05) is 29.8 Å². The molecule has 0 saturated carbocycles. The van der Waals surface area contributed by atoms with E-state index in [1.807, 2.05) is 6.07 Å². The lowest BCUT2D eigenvalue weighted by Crippen LogP contribution is -2.24. The van der Waals surface area contributed by atoms with Gasteiger partial charge in [0.2, 0.25) is 0 Å². The first kappa shape index (κ1) is 15.4. The first-order valence-electron chi connectivity index (χ1n) is 6.88. The van der Waals surface area contributed by atoms with Crippen molar-refractivity contribution in [3.63, 3.8) is 0 Å². The van der Waals surface area contributed by atoms with Gasteiger partial charge in [0.05, 0.1) is 6.61 Å². The molecule has 0 radical (unpaired) electrons. The molecule has 3 nitrogen and oxygen atoms in total. The molecule has 0 bridgehead atoms. The van der Waals surface area contributed by atoms with Crippen molar-refractivity contribution in [3.05, 3.63) is 35.0 Å². The number of rotatable bonds is 9. The quantitative estimate of drug-likeness (QED) is 0.698. The SMILES string of the molecule is COCCNCCCNCc1cc2ccc(F)cc2s1. The van der Waals surface area contributed by atoms with Gasteiger partial charge in [-0.3, -0.25) is 0 Å². The van der Waals surface area contributed by atoms with Crippen LogP contribution < -0.4 is 10.6 Å². The van der Waals surface area contributed by atoms with E-state index in [1.54, 1.807) is 24.5 Å². The van der Waals surface area contributed by atoms with E-state index in [0.29, 0.717) is 0 Å². The minimum Gasteiger partial charge on any atom is -0.383 e. The summed E-state index contributed by atoms with van der Waals surface area (Å²) in [5, 5.41) is 7.84. The third kappa shape index (κ3) is 4.83. The van der Waals surface area contributed by atoms with Crippen molar-refractivity contribution in [1.29, 1.82) is 0 Å². The average Bonchev–Trinajstić information content (AvgIpc) is 2.83. The van der Waals surface area contributed by atoms with Gasteiger partial charge >= 0.3 is 0 Å². The minimum absolute atomic E-state index is 0.166. The lowest BCUT2D eigenvalue weighted by Gasteiger charge is -2.04. The highest BCUT2D eigenvalue weighted by atomic mass is 32.1. The number of halogens is 1. The molecule has 2 N–H and O–H groups in total. The van der Waals surface area contributed by atoms with Crippen molar-refractivity contribution in [2.45, 2.75) is 13.0 Å². The molecule has 0 aliphatic heterocycles. The molecule has 0 spiro atoms. The maximum atomic E-state index is 13.1. The molecule has 1 heterocycles. The first-order chi connectivity index (χ1) is 9.79. The van der Waals surface area contributed by atoms with Crippen LogP contribution in [0.5, 0.6) is 0 Å². The molecule has 0 saturated heterocycles. The van der Waals surface area contributed by atoms with Crippen LogP contribution in [0.15, 0.2) is 24.3 Å². The smallest absolute Gasteiger partial charge is 0.124 e. The molecule has 0 unspecified atom stereocenters. The van der Waals surface area contributed by atoms with E-state index in [9.17, 15) is 4.39 Å². The summed E-state index contributed by atoms with van der Waals surface area (Å²) in [6, 6.07) is 7.08. The zero-order valence-electron chi connectivity index (χ0n) is 11.7. The first-order valence-corrected chi connectivity index (χ1v) is 7.69. The third-order valence-corrected chi connectivity index (χ3v) is 4.12. The van der Waals surface area contributed by atoms with Gasteiger partial charge in [-0.15, -0.1) is 11.3 Å². The fourth-order valence-corrected chi connectivity index (χ4v) is 3.06. The molecule has 20 heavy (non-hydrogen) atoms. The Kier molecular flexibility index (Phi) is 6.39. The summed E-state index contributed by atoms with van der Waals surface area (Å²) in [4.78, 5) is 1.25. The Morgan fingerprint density at radius 2 is 2.00 bits per heavy atom. The summed E-state index contributed by atoms with van der Waals surface area (Å²) in [7, 11) is 1.71. The van der Waals surface area contributed by atoms with Gasteiger partial charge in [0.15, 0.2) is 0 Å². The highest BCUT2D eigenvalue weighted by Gasteiger charge is 2.02. The third-order valence-electron chi connectivity index (χ3n) is 3.02. The van der Waals surface area contributed by atoms with Crippen LogP contribution in [0.25, 0.3) is 10.1 Å². The van der Waals surface area contributed by atoms with E-state index in [-0.39, 0.29) is 5.82 Å². The molecule has 2 rings (SSSR count). The zero-order valence-corrected chi connectivity index (χ0v) is 12.6. The molecule has 0 atom stereocenters. The lowest BCUT2D eigenvalue weighted by atomic mass is 10.2. The van der Waals surface area contributed by atoms with Crippen LogP contribution in [0, 0.1) is 5.82 Å². The second-order valence-corrected chi connectivity index (χ2v) is 5.84. The second kappa shape index (κ2) is 8.32. The summed E-state index contributed by atoms with van der Waals surface area (Å²) < 4.78 is 19.1. The molecule has 0 aliphatic rings. The highest BCUT2D eigenvalue weighted by Crippen LogP contribution is 2.26. The van der Waals surface area contributed by atoms with Crippen LogP contribution in [0.2, 0.25) is 0 Å². The van der Waals surface area contributed by atoms with Gasteiger partial charge in [0.25, 0.3) is 0 Å². The normalized spacial score (nSPS) is 11.3. The summed E-state index contributed by atoms with van der Waals surface area (Å²) in [5.41, 5.74) is 0. The van der Waals surface area contributed by atoms with Gasteiger partial charge in [-0.2, -0.15) is 0 Å². The Balaban J connectivity index is 1.65. The molecule has 1 aromatic heterocycles. The number of ether oxygens (including phenoxy) is 1. The standard InChI is InChI=1S/C15H21FN2OS/c1-19-8-7-17-5-2-6-18-11-14-9-12-3-4-13(16)10-15(12)20-14/h3-4,9-10,17-18H,2,5-8,11H2,1H3. The van der Waals surface area contributed by atoms with Gasteiger partial charge in [-0.25, -0.2) is 4.39 Å². The molecule has 110 valence electrons. The van der Waals surface area contributed by atoms with Crippen molar-refractivity contribution in [1.82, 2.24) is 10.6 Å². The molecule has 0 amide bonds. The number of benzene rings is 1. The maximum Gasteiger partial charge on any atom is 0.124 e. The van der Waals surface area contributed by atoms with E-state index in [4.69, 9.17) is 4.74 Å². The molecule has 0 aliphatic carbocycles. The Morgan fingerprint density at radius 3 is 2.85 bits per heavy atom. The van der Waals surface area contributed by atoms with Crippen molar-refractivity contribution in [2.24, 2.45) is 0 Å². The molecular formula is C15H21FN2OS. The highest BCUT2D eigenvalue weighted by molar-refractivity contribution is 7.19. The summed E-state index contributed by atoms with van der Waals surface area (Å²) in [6.07, 6.45) is 1.09. The lowest BCUT2D eigenvalue weighted by molar-refractivity contribution is 0.199. The van der Waals surface area contributed by atoms with Crippen LogP contribution in [-0.2, 0) is 11.3 Å². The fraction of sp³-hybridized carbons (Fsp3) is 0.467. The van der Waals surface area contributed by atoms with E-state index < -0.39 is 0 Å². The number of methoxy groups -OCH3 is 1. The number of hydrogen-bond donors (Lipinski definition) is 2. The van der Waals surface area contributed by atoms with E-state index in [0.717, 1.165) is 49.3 Å². The average molecular weight is 296 g/mol. The van der Waals surface area contributed by atoms with E-state index in [1.165, 1.54) is 10.9 Å². The maximum absolute atomic E-state index is 13.1. The van der Waals surface area contributed by atoms with E-state index in [2.05, 4.69) is 16.7 Å². The predicted octanol–water partition coefficient (Wildman–Crippen LogP) is 2.76. The van der Waals surface area contributed by atoms with Crippen molar-refractivity contribution < 1.29 is 9.13 Å². The number of fused-ring (bicyclic) bond motifs is 1. The Labute approximate surface area is 123 Å². The van der Waals surface area contributed by atoms with Gasteiger partial charge in [-0.1, -0.05) is 6.07 Å². The number of thiophene rings is 1. The molecule has 0 fully saturated rings. The van der Waals surface area contributed by atoms with Crippen LogP contribution in [0.3, 0.4) is 0 Å². The summed E-state index contributed by atoms with van der Waals surface area (Å²) in [5.74, 6) is -0.166. The fourth-order valence-electron chi connectivity index (χ4n) is 2.00. The van der Waals surface area contributed by atoms with Crippen molar-refractivity contribution >= 4 is 21.4 Å². The molecule has 1 aromatic carbocycles. The Morgan fingerprint density at radius 1 is 1.15 bits per heavy atom. The van der Waals surface area contributed by atoms with Gasteiger partial charge in [0.1, 0.15) is 5.82 Å². The molecular weight excluding hydrogens is 275 g/mol.